The third kappa shape index (κ3) is 43.8. The van der Waals surface area contributed by atoms with Gasteiger partial charge < -0.3 is 14.2 Å². The molecule has 0 radical (unpaired) electrons. The first-order chi connectivity index (χ1) is 28.0. The summed E-state index contributed by atoms with van der Waals surface area (Å²) in [4.78, 5) is 37.8. The van der Waals surface area contributed by atoms with Crippen LogP contribution >= 0.6 is 0 Å². The fourth-order valence-corrected chi connectivity index (χ4v) is 6.11. The van der Waals surface area contributed by atoms with Crippen LogP contribution in [0.25, 0.3) is 0 Å². The Labute approximate surface area is 351 Å². The summed E-state index contributed by atoms with van der Waals surface area (Å²) in [5.41, 5.74) is 0. The Morgan fingerprint density at radius 1 is 0.368 bits per heavy atom. The molecule has 326 valence electrons. The van der Waals surface area contributed by atoms with Gasteiger partial charge in [0, 0.05) is 19.3 Å². The predicted octanol–water partition coefficient (Wildman–Crippen LogP) is 15.1. The quantitative estimate of drug-likeness (QED) is 0.0265. The van der Waals surface area contributed by atoms with Gasteiger partial charge in [-0.1, -0.05) is 164 Å². The van der Waals surface area contributed by atoms with E-state index in [0.29, 0.717) is 19.3 Å². The van der Waals surface area contributed by atoms with Gasteiger partial charge in [0.2, 0.25) is 0 Å². The number of ether oxygens (including phenoxy) is 3. The van der Waals surface area contributed by atoms with Crippen LogP contribution in [0.1, 0.15) is 213 Å². The van der Waals surface area contributed by atoms with Crippen LogP contribution in [0.5, 0.6) is 0 Å². The van der Waals surface area contributed by atoms with Gasteiger partial charge in [-0.15, -0.1) is 0 Å². The largest absolute Gasteiger partial charge is 0.462 e. The van der Waals surface area contributed by atoms with Crippen molar-refractivity contribution in [2.24, 2.45) is 0 Å². The monoisotopic (exact) mass is 795 g/mol. The van der Waals surface area contributed by atoms with E-state index in [9.17, 15) is 14.4 Å². The van der Waals surface area contributed by atoms with Crippen molar-refractivity contribution in [3.63, 3.8) is 0 Å². The standard InChI is InChI=1S/C51H86O6/c1-4-7-10-13-16-19-22-24-25-27-30-32-35-38-41-44-50(53)56-47-48(57-51(54)45-42-39-36-33-28-21-18-15-12-9-6-3)46-55-49(52)43-40-37-34-31-29-26-23-20-17-14-11-8-5-2/h7,10,15-16,18-20,23-25,30,32,48H,4-6,8-9,11-14,17,21-22,26-29,31,33-47H2,1-3H3/b10-7-,18-15-,19-16-,23-20-,25-24-,32-30-/t48-/m0/s1. The normalized spacial score (nSPS) is 12.7. The predicted molar refractivity (Wildman–Crippen MR) is 242 cm³/mol. The van der Waals surface area contributed by atoms with Crippen LogP contribution in [-0.4, -0.2) is 37.2 Å². The van der Waals surface area contributed by atoms with E-state index in [4.69, 9.17) is 14.2 Å². The second-order valence-electron chi connectivity index (χ2n) is 15.3. The van der Waals surface area contributed by atoms with Crippen LogP contribution in [0.4, 0.5) is 0 Å². The van der Waals surface area contributed by atoms with E-state index in [-0.39, 0.29) is 31.1 Å². The maximum atomic E-state index is 12.7. The summed E-state index contributed by atoms with van der Waals surface area (Å²) in [7, 11) is 0. The van der Waals surface area contributed by atoms with E-state index in [2.05, 4.69) is 93.7 Å². The Kier molecular flexibility index (Phi) is 43.0. The van der Waals surface area contributed by atoms with E-state index in [1.807, 2.05) is 0 Å². The Balaban J connectivity index is 4.47. The zero-order valence-electron chi connectivity index (χ0n) is 37.1. The SMILES string of the molecule is CC/C=C\C/C=C\C/C=C\C/C=C\CCCCC(=O)OC[C@H](COC(=O)CCCCCCC/C=C\CCCCCC)OC(=O)CCCCCCC/C=C\CCCC. The Morgan fingerprint density at radius 2 is 0.702 bits per heavy atom. The lowest BCUT2D eigenvalue weighted by Gasteiger charge is -2.18. The lowest BCUT2D eigenvalue weighted by atomic mass is 10.1. The van der Waals surface area contributed by atoms with Crippen LogP contribution in [0.3, 0.4) is 0 Å². The number of rotatable bonds is 41. The van der Waals surface area contributed by atoms with E-state index < -0.39 is 6.10 Å². The molecule has 0 aliphatic rings. The van der Waals surface area contributed by atoms with Crippen molar-refractivity contribution in [3.05, 3.63) is 72.9 Å². The molecule has 0 aromatic carbocycles. The Bertz CT molecular complexity index is 1100. The highest BCUT2D eigenvalue weighted by Crippen LogP contribution is 2.13. The van der Waals surface area contributed by atoms with E-state index in [1.54, 1.807) is 0 Å². The summed E-state index contributed by atoms with van der Waals surface area (Å²) in [6, 6.07) is 0. The van der Waals surface area contributed by atoms with Crippen molar-refractivity contribution in [2.75, 3.05) is 13.2 Å². The minimum absolute atomic E-state index is 0.0970. The summed E-state index contributed by atoms with van der Waals surface area (Å²) in [6.07, 6.45) is 56.0. The first-order valence-electron chi connectivity index (χ1n) is 23.4. The molecule has 1 atom stereocenters. The molecule has 0 amide bonds. The summed E-state index contributed by atoms with van der Waals surface area (Å²) in [5.74, 6) is -0.963. The van der Waals surface area contributed by atoms with E-state index in [1.165, 1.54) is 70.6 Å². The summed E-state index contributed by atoms with van der Waals surface area (Å²) in [6.45, 7) is 6.40. The molecular formula is C51H86O6. The molecule has 0 saturated heterocycles. The average molecular weight is 795 g/mol. The molecule has 0 unspecified atom stereocenters. The highest BCUT2D eigenvalue weighted by Gasteiger charge is 2.19. The third-order valence-electron chi connectivity index (χ3n) is 9.66. The Hall–Kier alpha value is -3.15. The molecule has 0 spiro atoms. The van der Waals surface area contributed by atoms with Crippen molar-refractivity contribution in [3.8, 4) is 0 Å². The van der Waals surface area contributed by atoms with Gasteiger partial charge in [-0.25, -0.2) is 0 Å². The molecule has 6 nitrogen and oxygen atoms in total. The van der Waals surface area contributed by atoms with Gasteiger partial charge in [-0.2, -0.15) is 0 Å². The maximum absolute atomic E-state index is 12.7. The molecule has 0 N–H and O–H groups in total. The van der Waals surface area contributed by atoms with Gasteiger partial charge in [0.25, 0.3) is 0 Å². The molecule has 0 aliphatic carbocycles. The molecule has 0 aliphatic heterocycles. The topological polar surface area (TPSA) is 78.9 Å². The number of carbonyl (C=O) groups is 3. The molecule has 0 aromatic heterocycles. The van der Waals surface area contributed by atoms with Gasteiger partial charge in [0.05, 0.1) is 0 Å². The van der Waals surface area contributed by atoms with Crippen molar-refractivity contribution < 1.29 is 28.6 Å². The number of hydrogen-bond donors (Lipinski definition) is 0. The van der Waals surface area contributed by atoms with Gasteiger partial charge in [0.15, 0.2) is 6.10 Å². The molecule has 0 rings (SSSR count). The fraction of sp³-hybridized carbons (Fsp3) is 0.706. The number of carbonyl (C=O) groups excluding carboxylic acids is 3. The fourth-order valence-electron chi connectivity index (χ4n) is 6.11. The third-order valence-corrected chi connectivity index (χ3v) is 9.66. The maximum Gasteiger partial charge on any atom is 0.306 e. The molecular weight excluding hydrogens is 709 g/mol. The number of esters is 3. The van der Waals surface area contributed by atoms with Crippen LogP contribution in [0.15, 0.2) is 72.9 Å². The highest BCUT2D eigenvalue weighted by molar-refractivity contribution is 5.71. The number of hydrogen-bond acceptors (Lipinski definition) is 6. The number of allylic oxidation sites excluding steroid dienone is 12. The minimum Gasteiger partial charge on any atom is -0.462 e. The molecule has 57 heavy (non-hydrogen) atoms. The minimum atomic E-state index is -0.797. The van der Waals surface area contributed by atoms with Gasteiger partial charge >= 0.3 is 17.9 Å². The molecule has 0 heterocycles. The summed E-state index contributed by atoms with van der Waals surface area (Å²) in [5, 5.41) is 0. The molecule has 0 fully saturated rings. The molecule has 0 bridgehead atoms. The molecule has 6 heteroatoms. The van der Waals surface area contributed by atoms with Crippen molar-refractivity contribution >= 4 is 17.9 Å². The van der Waals surface area contributed by atoms with Crippen LogP contribution in [-0.2, 0) is 28.6 Å². The van der Waals surface area contributed by atoms with E-state index >= 15 is 0 Å². The van der Waals surface area contributed by atoms with Crippen molar-refractivity contribution in [2.45, 2.75) is 219 Å². The summed E-state index contributed by atoms with van der Waals surface area (Å²) >= 11 is 0. The lowest BCUT2D eigenvalue weighted by Crippen LogP contribution is -2.30. The number of unbranched alkanes of at least 4 members (excludes halogenated alkanes) is 18. The van der Waals surface area contributed by atoms with Crippen LogP contribution < -0.4 is 0 Å². The summed E-state index contributed by atoms with van der Waals surface area (Å²) < 4.78 is 16.7. The smallest absolute Gasteiger partial charge is 0.306 e. The second kappa shape index (κ2) is 45.6. The van der Waals surface area contributed by atoms with E-state index in [0.717, 1.165) is 103 Å². The van der Waals surface area contributed by atoms with Gasteiger partial charge in [-0.3, -0.25) is 14.4 Å². The van der Waals surface area contributed by atoms with Gasteiger partial charge in [0.1, 0.15) is 13.2 Å². The first-order valence-corrected chi connectivity index (χ1v) is 23.4. The first kappa shape index (κ1) is 53.9. The van der Waals surface area contributed by atoms with Gasteiger partial charge in [-0.05, 0) is 103 Å². The highest BCUT2D eigenvalue weighted by atomic mass is 16.6. The average Bonchev–Trinajstić information content (AvgIpc) is 3.21. The molecule has 0 aromatic rings. The van der Waals surface area contributed by atoms with Crippen molar-refractivity contribution in [1.29, 1.82) is 0 Å². The lowest BCUT2D eigenvalue weighted by molar-refractivity contribution is -0.167. The van der Waals surface area contributed by atoms with Crippen LogP contribution in [0.2, 0.25) is 0 Å². The zero-order chi connectivity index (χ0) is 41.5. The Morgan fingerprint density at radius 3 is 1.18 bits per heavy atom. The zero-order valence-corrected chi connectivity index (χ0v) is 37.1. The molecule has 0 saturated carbocycles. The van der Waals surface area contributed by atoms with Crippen LogP contribution in [0, 0.1) is 0 Å². The second-order valence-corrected chi connectivity index (χ2v) is 15.3. The van der Waals surface area contributed by atoms with Crippen molar-refractivity contribution in [1.82, 2.24) is 0 Å².